The molecular formula is C10H8F5NO. The zero-order chi connectivity index (χ0) is 12.6. The largest absolute Gasteiger partial charge is 0.483 e. The number of rotatable bonds is 2. The van der Waals surface area contributed by atoms with Crippen LogP contribution in [0.25, 0.3) is 0 Å². The summed E-state index contributed by atoms with van der Waals surface area (Å²) in [7, 11) is 0. The van der Waals surface area contributed by atoms with Crippen molar-refractivity contribution < 1.29 is 26.7 Å². The highest BCUT2D eigenvalue weighted by atomic mass is 19.2. The van der Waals surface area contributed by atoms with E-state index in [0.29, 0.717) is 19.5 Å². The molecule has 1 fully saturated rings. The molecule has 1 heterocycles. The first-order valence-corrected chi connectivity index (χ1v) is 4.91. The Kier molecular flexibility index (Phi) is 3.19. The molecule has 1 N–H and O–H groups in total. The summed E-state index contributed by atoms with van der Waals surface area (Å²) in [5, 5.41) is 2.84. The molecular weight excluding hydrogens is 245 g/mol. The van der Waals surface area contributed by atoms with E-state index in [1.807, 2.05) is 0 Å². The summed E-state index contributed by atoms with van der Waals surface area (Å²) in [5.74, 6) is -11.3. The standard InChI is InChI=1S/C10H8F5NO/c11-5-6(12)8(14)10(9(15)7(5)13)17-4-1-2-16-3-4/h4,16H,1-3H2/t4-/m0/s1. The number of benzene rings is 1. The molecule has 1 aromatic rings. The van der Waals surface area contributed by atoms with Crippen LogP contribution >= 0.6 is 0 Å². The number of hydrogen-bond acceptors (Lipinski definition) is 2. The monoisotopic (exact) mass is 253 g/mol. The minimum atomic E-state index is -2.18. The summed E-state index contributed by atoms with van der Waals surface area (Å²) in [6.07, 6.45) is -0.150. The molecule has 7 heteroatoms. The van der Waals surface area contributed by atoms with Gasteiger partial charge in [0.1, 0.15) is 6.10 Å². The average Bonchev–Trinajstić information content (AvgIpc) is 2.82. The lowest BCUT2D eigenvalue weighted by Gasteiger charge is -2.14. The van der Waals surface area contributed by atoms with Gasteiger partial charge in [-0.3, -0.25) is 0 Å². The lowest BCUT2D eigenvalue weighted by atomic mass is 10.2. The van der Waals surface area contributed by atoms with Crippen molar-refractivity contribution >= 4 is 0 Å². The van der Waals surface area contributed by atoms with Gasteiger partial charge in [0, 0.05) is 6.54 Å². The Balaban J connectivity index is 2.38. The Morgan fingerprint density at radius 2 is 1.41 bits per heavy atom. The molecule has 0 bridgehead atoms. The van der Waals surface area contributed by atoms with E-state index in [-0.39, 0.29) is 0 Å². The van der Waals surface area contributed by atoms with Crippen LogP contribution in [0.5, 0.6) is 5.75 Å². The van der Waals surface area contributed by atoms with Crippen molar-refractivity contribution in [2.75, 3.05) is 13.1 Å². The Morgan fingerprint density at radius 3 is 1.88 bits per heavy atom. The van der Waals surface area contributed by atoms with Crippen LogP contribution in [-0.4, -0.2) is 19.2 Å². The second-order valence-corrected chi connectivity index (χ2v) is 3.63. The van der Waals surface area contributed by atoms with Gasteiger partial charge in [-0.05, 0) is 13.0 Å². The zero-order valence-corrected chi connectivity index (χ0v) is 8.50. The maximum atomic E-state index is 13.2. The van der Waals surface area contributed by atoms with E-state index in [0.717, 1.165) is 0 Å². The Bertz CT molecular complexity index is 416. The third-order valence-electron chi connectivity index (χ3n) is 2.47. The minimum absolute atomic E-state index is 0.305. The number of halogens is 5. The number of nitrogens with one attached hydrogen (secondary N) is 1. The lowest BCUT2D eigenvalue weighted by Crippen LogP contribution is -2.21. The molecule has 2 nitrogen and oxygen atoms in total. The highest BCUT2D eigenvalue weighted by Gasteiger charge is 2.29. The van der Waals surface area contributed by atoms with Crippen molar-refractivity contribution in [2.45, 2.75) is 12.5 Å². The maximum absolute atomic E-state index is 13.2. The molecule has 0 amide bonds. The molecule has 0 aromatic heterocycles. The first kappa shape index (κ1) is 12.1. The van der Waals surface area contributed by atoms with Crippen LogP contribution in [0.3, 0.4) is 0 Å². The maximum Gasteiger partial charge on any atom is 0.207 e. The van der Waals surface area contributed by atoms with E-state index in [4.69, 9.17) is 4.74 Å². The van der Waals surface area contributed by atoms with Gasteiger partial charge in [0.25, 0.3) is 0 Å². The third kappa shape index (κ3) is 2.06. The fourth-order valence-corrected chi connectivity index (χ4v) is 1.58. The van der Waals surface area contributed by atoms with Crippen molar-refractivity contribution in [3.05, 3.63) is 29.1 Å². The van der Waals surface area contributed by atoms with Gasteiger partial charge in [0.05, 0.1) is 0 Å². The van der Waals surface area contributed by atoms with Crippen LogP contribution in [0.15, 0.2) is 0 Å². The van der Waals surface area contributed by atoms with Crippen molar-refractivity contribution in [2.24, 2.45) is 0 Å². The van der Waals surface area contributed by atoms with Crippen LogP contribution in [-0.2, 0) is 0 Å². The fourth-order valence-electron chi connectivity index (χ4n) is 1.58. The molecule has 0 radical (unpaired) electrons. The summed E-state index contributed by atoms with van der Waals surface area (Å²) >= 11 is 0. The van der Waals surface area contributed by atoms with Crippen LogP contribution < -0.4 is 10.1 Å². The molecule has 0 aliphatic carbocycles. The summed E-state index contributed by atoms with van der Waals surface area (Å²) in [4.78, 5) is 0. The molecule has 0 unspecified atom stereocenters. The first-order chi connectivity index (χ1) is 8.02. The number of hydrogen-bond donors (Lipinski definition) is 1. The molecule has 1 aromatic carbocycles. The predicted octanol–water partition coefficient (Wildman–Crippen LogP) is 2.12. The molecule has 1 aliphatic rings. The molecule has 17 heavy (non-hydrogen) atoms. The quantitative estimate of drug-likeness (QED) is 0.495. The van der Waals surface area contributed by atoms with Gasteiger partial charge in [-0.15, -0.1) is 0 Å². The Labute approximate surface area is 93.4 Å². The zero-order valence-electron chi connectivity index (χ0n) is 8.50. The van der Waals surface area contributed by atoms with Crippen molar-refractivity contribution in [3.8, 4) is 5.75 Å². The van der Waals surface area contributed by atoms with E-state index < -0.39 is 40.9 Å². The van der Waals surface area contributed by atoms with E-state index in [2.05, 4.69) is 5.32 Å². The SMILES string of the molecule is Fc1c(F)c(F)c(O[C@H]2CCNC2)c(F)c1F. The minimum Gasteiger partial charge on any atom is -0.483 e. The normalized spacial score (nSPS) is 19.7. The van der Waals surface area contributed by atoms with Gasteiger partial charge < -0.3 is 10.1 Å². The summed E-state index contributed by atoms with van der Waals surface area (Å²) in [6, 6.07) is 0. The van der Waals surface area contributed by atoms with Crippen molar-refractivity contribution in [3.63, 3.8) is 0 Å². The third-order valence-corrected chi connectivity index (χ3v) is 2.47. The second kappa shape index (κ2) is 4.48. The fraction of sp³-hybridized carbons (Fsp3) is 0.400. The van der Waals surface area contributed by atoms with Gasteiger partial charge in [-0.25, -0.2) is 13.2 Å². The summed E-state index contributed by atoms with van der Waals surface area (Å²) < 4.78 is 69.5. The Morgan fingerprint density at radius 1 is 0.882 bits per heavy atom. The Hall–Kier alpha value is -1.37. The van der Waals surface area contributed by atoms with E-state index in [1.54, 1.807) is 0 Å². The lowest BCUT2D eigenvalue weighted by molar-refractivity contribution is 0.193. The van der Waals surface area contributed by atoms with E-state index in [1.165, 1.54) is 0 Å². The van der Waals surface area contributed by atoms with Gasteiger partial charge in [0.15, 0.2) is 5.75 Å². The van der Waals surface area contributed by atoms with Gasteiger partial charge in [-0.1, -0.05) is 0 Å². The van der Waals surface area contributed by atoms with E-state index in [9.17, 15) is 22.0 Å². The van der Waals surface area contributed by atoms with Crippen LogP contribution in [0, 0.1) is 29.1 Å². The van der Waals surface area contributed by atoms with Gasteiger partial charge in [0.2, 0.25) is 29.1 Å². The molecule has 1 atom stereocenters. The molecule has 1 saturated heterocycles. The summed E-state index contributed by atoms with van der Waals surface area (Å²) in [5.41, 5.74) is 0. The van der Waals surface area contributed by atoms with Crippen LogP contribution in [0.4, 0.5) is 22.0 Å². The molecule has 0 spiro atoms. The highest BCUT2D eigenvalue weighted by Crippen LogP contribution is 2.30. The molecule has 2 rings (SSSR count). The van der Waals surface area contributed by atoms with Crippen molar-refractivity contribution in [1.82, 2.24) is 5.32 Å². The summed E-state index contributed by atoms with van der Waals surface area (Å²) in [6.45, 7) is 0.875. The number of ether oxygens (including phenoxy) is 1. The smallest absolute Gasteiger partial charge is 0.207 e. The molecule has 0 saturated carbocycles. The van der Waals surface area contributed by atoms with E-state index >= 15 is 0 Å². The first-order valence-electron chi connectivity index (χ1n) is 4.91. The predicted molar refractivity (Wildman–Crippen MR) is 48.1 cm³/mol. The van der Waals surface area contributed by atoms with Gasteiger partial charge in [-0.2, -0.15) is 8.78 Å². The average molecular weight is 253 g/mol. The molecule has 1 aliphatic heterocycles. The van der Waals surface area contributed by atoms with Crippen LogP contribution in [0.1, 0.15) is 6.42 Å². The van der Waals surface area contributed by atoms with Crippen molar-refractivity contribution in [1.29, 1.82) is 0 Å². The highest BCUT2D eigenvalue weighted by molar-refractivity contribution is 5.30. The van der Waals surface area contributed by atoms with Gasteiger partial charge >= 0.3 is 0 Å². The second-order valence-electron chi connectivity index (χ2n) is 3.63. The molecule has 94 valence electrons. The van der Waals surface area contributed by atoms with Crippen LogP contribution in [0.2, 0.25) is 0 Å². The topological polar surface area (TPSA) is 21.3 Å².